The van der Waals surface area contributed by atoms with Crippen LogP contribution in [0.5, 0.6) is 0 Å². The molecule has 94 valence electrons. The molecule has 0 aliphatic carbocycles. The smallest absolute Gasteiger partial charge is 0.260 e. The molecular weight excluding hydrogens is 257 g/mol. The Bertz CT molecular complexity index is 589. The first-order chi connectivity index (χ1) is 8.50. The molecule has 6 heteroatoms. The third kappa shape index (κ3) is 2.22. The number of carbonyl (C=O) groups excluding carboxylic acids is 1. The highest BCUT2D eigenvalue weighted by molar-refractivity contribution is 6.34. The van der Waals surface area contributed by atoms with Crippen LogP contribution in [0.25, 0.3) is 0 Å². The molecule has 0 aliphatic heterocycles. The Labute approximate surface area is 108 Å². The van der Waals surface area contributed by atoms with Crippen LogP contribution in [0.3, 0.4) is 0 Å². The summed E-state index contributed by atoms with van der Waals surface area (Å²) >= 11 is 5.81. The molecule has 0 atom stereocenters. The fraction of sp³-hybridized carbons (Fsp3) is 0.167. The molecular formula is C12H11ClFN3O. The third-order valence-electron chi connectivity index (χ3n) is 2.67. The maximum atomic E-state index is 13.5. The molecule has 0 bridgehead atoms. The van der Waals surface area contributed by atoms with Crippen LogP contribution in [-0.4, -0.2) is 15.7 Å². The zero-order chi connectivity index (χ0) is 13.3. The minimum atomic E-state index is -0.651. The number of anilines is 1. The van der Waals surface area contributed by atoms with E-state index in [4.69, 9.17) is 11.6 Å². The average Bonchev–Trinajstić information content (AvgIpc) is 2.61. The average molecular weight is 268 g/mol. The molecule has 0 aliphatic rings. The van der Waals surface area contributed by atoms with E-state index in [-0.39, 0.29) is 10.6 Å². The van der Waals surface area contributed by atoms with Crippen molar-refractivity contribution in [3.63, 3.8) is 0 Å². The van der Waals surface area contributed by atoms with Crippen LogP contribution in [0.4, 0.5) is 10.1 Å². The van der Waals surface area contributed by atoms with Gasteiger partial charge in [0.05, 0.1) is 28.2 Å². The molecule has 1 heterocycles. The van der Waals surface area contributed by atoms with E-state index >= 15 is 0 Å². The maximum absolute atomic E-state index is 13.5. The summed E-state index contributed by atoms with van der Waals surface area (Å²) in [7, 11) is 1.75. The fourth-order valence-electron chi connectivity index (χ4n) is 1.52. The van der Waals surface area contributed by atoms with Crippen molar-refractivity contribution in [1.29, 1.82) is 0 Å². The quantitative estimate of drug-likeness (QED) is 0.909. The van der Waals surface area contributed by atoms with Crippen molar-refractivity contribution in [3.8, 4) is 0 Å². The molecule has 0 spiro atoms. The number of hydrogen-bond donors (Lipinski definition) is 1. The van der Waals surface area contributed by atoms with E-state index in [1.807, 2.05) is 0 Å². The minimum Gasteiger partial charge on any atom is -0.319 e. The molecule has 4 nitrogen and oxygen atoms in total. The van der Waals surface area contributed by atoms with Crippen molar-refractivity contribution in [3.05, 3.63) is 46.5 Å². The lowest BCUT2D eigenvalue weighted by atomic mass is 10.2. The van der Waals surface area contributed by atoms with Crippen molar-refractivity contribution >= 4 is 23.2 Å². The van der Waals surface area contributed by atoms with Crippen molar-refractivity contribution in [1.82, 2.24) is 9.78 Å². The highest BCUT2D eigenvalue weighted by atomic mass is 35.5. The van der Waals surface area contributed by atoms with E-state index < -0.39 is 11.7 Å². The number of rotatable bonds is 2. The van der Waals surface area contributed by atoms with Crippen molar-refractivity contribution in [2.75, 3.05) is 5.32 Å². The van der Waals surface area contributed by atoms with E-state index in [1.165, 1.54) is 24.4 Å². The number of carbonyl (C=O) groups is 1. The van der Waals surface area contributed by atoms with Crippen LogP contribution in [-0.2, 0) is 7.05 Å². The number of nitrogens with one attached hydrogen (secondary N) is 1. The Morgan fingerprint density at radius 2 is 2.22 bits per heavy atom. The number of benzene rings is 1. The normalized spacial score (nSPS) is 10.4. The van der Waals surface area contributed by atoms with Crippen LogP contribution in [0, 0.1) is 12.7 Å². The molecule has 1 aromatic carbocycles. The van der Waals surface area contributed by atoms with Gasteiger partial charge in [0.2, 0.25) is 0 Å². The number of hydrogen-bond acceptors (Lipinski definition) is 2. The summed E-state index contributed by atoms with van der Waals surface area (Å²) in [4.78, 5) is 11.9. The first kappa shape index (κ1) is 12.6. The molecule has 0 unspecified atom stereocenters. The zero-order valence-corrected chi connectivity index (χ0v) is 10.6. The highest BCUT2D eigenvalue weighted by Crippen LogP contribution is 2.21. The van der Waals surface area contributed by atoms with E-state index in [0.29, 0.717) is 5.69 Å². The number of aryl methyl sites for hydroxylation is 1. The molecule has 1 amide bonds. The largest absolute Gasteiger partial charge is 0.319 e. The number of aromatic nitrogens is 2. The van der Waals surface area contributed by atoms with Crippen LogP contribution in [0.1, 0.15) is 16.1 Å². The standard InChI is InChI=1S/C12H11ClFN3O/c1-7-10(6-15-17(7)2)16-12(18)11-8(13)4-3-5-9(11)14/h3-6H,1-2H3,(H,16,18). The summed E-state index contributed by atoms with van der Waals surface area (Å²) < 4.78 is 15.2. The van der Waals surface area contributed by atoms with E-state index in [2.05, 4.69) is 10.4 Å². The monoisotopic (exact) mass is 267 g/mol. The first-order valence-corrected chi connectivity index (χ1v) is 5.62. The van der Waals surface area contributed by atoms with E-state index in [0.717, 1.165) is 5.69 Å². The summed E-state index contributed by atoms with van der Waals surface area (Å²) in [5, 5.41) is 6.64. The lowest BCUT2D eigenvalue weighted by molar-refractivity contribution is 0.102. The number of halogens is 2. The molecule has 2 rings (SSSR count). The van der Waals surface area contributed by atoms with Gasteiger partial charge in [0.25, 0.3) is 5.91 Å². The summed E-state index contributed by atoms with van der Waals surface area (Å²) in [5.74, 6) is -1.24. The van der Waals surface area contributed by atoms with Gasteiger partial charge in [-0.15, -0.1) is 0 Å². The minimum absolute atomic E-state index is 0.0778. The molecule has 1 N–H and O–H groups in total. The zero-order valence-electron chi connectivity index (χ0n) is 9.87. The van der Waals surface area contributed by atoms with E-state index in [9.17, 15) is 9.18 Å². The molecule has 0 saturated carbocycles. The fourth-order valence-corrected chi connectivity index (χ4v) is 1.77. The molecule has 0 fully saturated rings. The van der Waals surface area contributed by atoms with E-state index in [1.54, 1.807) is 18.7 Å². The SMILES string of the molecule is Cc1c(NC(=O)c2c(F)cccc2Cl)cnn1C. The Morgan fingerprint density at radius 1 is 1.50 bits per heavy atom. The first-order valence-electron chi connectivity index (χ1n) is 5.24. The van der Waals surface area contributed by atoms with Gasteiger partial charge in [-0.1, -0.05) is 17.7 Å². The van der Waals surface area contributed by atoms with Gasteiger partial charge in [-0.25, -0.2) is 4.39 Å². The topological polar surface area (TPSA) is 46.9 Å². The maximum Gasteiger partial charge on any atom is 0.260 e. The van der Waals surface area contributed by atoms with Gasteiger partial charge in [-0.3, -0.25) is 9.48 Å². The predicted octanol–water partition coefficient (Wildman–Crippen LogP) is 2.77. The lowest BCUT2D eigenvalue weighted by Gasteiger charge is -2.07. The summed E-state index contributed by atoms with van der Waals surface area (Å²) in [6.45, 7) is 1.80. The Balaban J connectivity index is 2.31. The van der Waals surface area contributed by atoms with Crippen LogP contribution in [0.15, 0.2) is 24.4 Å². The summed E-state index contributed by atoms with van der Waals surface area (Å²) in [5.41, 5.74) is 1.14. The van der Waals surface area contributed by atoms with Gasteiger partial charge in [-0.05, 0) is 19.1 Å². The molecule has 2 aromatic rings. The third-order valence-corrected chi connectivity index (χ3v) is 2.99. The number of nitrogens with zero attached hydrogens (tertiary/aromatic N) is 2. The van der Waals surface area contributed by atoms with Crippen molar-refractivity contribution in [2.24, 2.45) is 7.05 Å². The highest BCUT2D eigenvalue weighted by Gasteiger charge is 2.17. The molecule has 1 aromatic heterocycles. The summed E-state index contributed by atoms with van der Waals surface area (Å²) in [6, 6.07) is 4.11. The van der Waals surface area contributed by atoms with Gasteiger partial charge in [0.1, 0.15) is 5.82 Å². The molecule has 0 saturated heterocycles. The molecule has 0 radical (unpaired) electrons. The van der Waals surface area contributed by atoms with Crippen LogP contribution in [0.2, 0.25) is 5.02 Å². The lowest BCUT2D eigenvalue weighted by Crippen LogP contribution is -2.14. The Morgan fingerprint density at radius 3 is 2.78 bits per heavy atom. The Hall–Kier alpha value is -1.88. The van der Waals surface area contributed by atoms with Gasteiger partial charge in [0.15, 0.2) is 0 Å². The van der Waals surface area contributed by atoms with Crippen LogP contribution < -0.4 is 5.32 Å². The second-order valence-corrected chi connectivity index (χ2v) is 4.23. The molecule has 18 heavy (non-hydrogen) atoms. The predicted molar refractivity (Wildman–Crippen MR) is 67.3 cm³/mol. The summed E-state index contributed by atoms with van der Waals surface area (Å²) in [6.07, 6.45) is 1.50. The second-order valence-electron chi connectivity index (χ2n) is 3.82. The van der Waals surface area contributed by atoms with Crippen LogP contribution >= 0.6 is 11.6 Å². The second kappa shape index (κ2) is 4.78. The van der Waals surface area contributed by atoms with Gasteiger partial charge in [-0.2, -0.15) is 5.10 Å². The van der Waals surface area contributed by atoms with Gasteiger partial charge in [0, 0.05) is 7.05 Å². The number of amides is 1. The van der Waals surface area contributed by atoms with Crippen molar-refractivity contribution in [2.45, 2.75) is 6.92 Å². The van der Waals surface area contributed by atoms with Gasteiger partial charge >= 0.3 is 0 Å². The Kier molecular flexibility index (Phi) is 3.34. The van der Waals surface area contributed by atoms with Crippen molar-refractivity contribution < 1.29 is 9.18 Å². The van der Waals surface area contributed by atoms with Gasteiger partial charge < -0.3 is 5.32 Å².